The molecule has 0 bridgehead atoms. The molecule has 132 valence electrons. The summed E-state index contributed by atoms with van der Waals surface area (Å²) in [7, 11) is 0. The Morgan fingerprint density at radius 2 is 2.08 bits per heavy atom. The van der Waals surface area contributed by atoms with E-state index in [0.29, 0.717) is 13.0 Å². The van der Waals surface area contributed by atoms with E-state index in [1.54, 1.807) is 11.8 Å². The van der Waals surface area contributed by atoms with Crippen LogP contribution in [0.4, 0.5) is 10.5 Å². The van der Waals surface area contributed by atoms with Gasteiger partial charge in [0.1, 0.15) is 0 Å². The number of urea groups is 1. The van der Waals surface area contributed by atoms with Crippen LogP contribution in [0.25, 0.3) is 0 Å². The summed E-state index contributed by atoms with van der Waals surface area (Å²) in [6.45, 7) is 2.03. The summed E-state index contributed by atoms with van der Waals surface area (Å²) in [5.74, 6) is 0.725. The second kappa shape index (κ2) is 9.54. The highest BCUT2D eigenvalue weighted by Crippen LogP contribution is 2.14. The predicted octanol–water partition coefficient (Wildman–Crippen LogP) is 2.01. The van der Waals surface area contributed by atoms with Crippen LogP contribution in [0.2, 0.25) is 0 Å². The highest BCUT2D eigenvalue weighted by atomic mass is 32.2. The summed E-state index contributed by atoms with van der Waals surface area (Å²) in [4.78, 5) is 25.9. The maximum atomic E-state index is 12.1. The van der Waals surface area contributed by atoms with Gasteiger partial charge in [-0.2, -0.15) is 11.8 Å². The SMILES string of the molecule is CSCC[C@H](N)C(=O)NCc1cccc(NC(=O)N2CCCC2)c1. The molecule has 1 heterocycles. The quantitative estimate of drug-likeness (QED) is 0.702. The molecule has 2 rings (SSSR count). The Morgan fingerprint density at radius 1 is 1.33 bits per heavy atom. The van der Waals surface area contributed by atoms with E-state index in [-0.39, 0.29) is 11.9 Å². The van der Waals surface area contributed by atoms with Gasteiger partial charge in [0, 0.05) is 25.3 Å². The first kappa shape index (κ1) is 18.6. The van der Waals surface area contributed by atoms with Crippen LogP contribution in [0.5, 0.6) is 0 Å². The summed E-state index contributed by atoms with van der Waals surface area (Å²) in [5.41, 5.74) is 7.52. The second-order valence-electron chi connectivity index (χ2n) is 5.93. The van der Waals surface area contributed by atoms with Gasteiger partial charge in [-0.3, -0.25) is 4.79 Å². The number of amides is 3. The minimum atomic E-state index is -0.476. The van der Waals surface area contributed by atoms with Crippen molar-refractivity contribution in [3.8, 4) is 0 Å². The van der Waals surface area contributed by atoms with Crippen molar-refractivity contribution in [1.29, 1.82) is 0 Å². The average molecular weight is 350 g/mol. The van der Waals surface area contributed by atoms with Crippen LogP contribution in [-0.4, -0.2) is 48.0 Å². The van der Waals surface area contributed by atoms with E-state index in [1.165, 1.54) is 0 Å². The fraction of sp³-hybridized carbons (Fsp3) is 0.529. The Bertz CT molecular complexity index is 561. The van der Waals surface area contributed by atoms with Crippen molar-refractivity contribution in [2.45, 2.75) is 31.8 Å². The number of carbonyl (C=O) groups excluding carboxylic acids is 2. The second-order valence-corrected chi connectivity index (χ2v) is 6.92. The molecule has 1 aromatic carbocycles. The molecule has 1 fully saturated rings. The molecule has 1 aliphatic rings. The first-order valence-corrected chi connectivity index (χ1v) is 9.66. The van der Waals surface area contributed by atoms with Crippen LogP contribution in [0, 0.1) is 0 Å². The standard InChI is InChI=1S/C17H26N4O2S/c1-24-10-7-15(18)16(22)19-12-13-5-4-6-14(11-13)20-17(23)21-8-2-3-9-21/h4-6,11,15H,2-3,7-10,12,18H2,1H3,(H,19,22)(H,20,23)/t15-/m0/s1. The van der Waals surface area contributed by atoms with Crippen molar-refractivity contribution < 1.29 is 9.59 Å². The minimum absolute atomic E-state index is 0.0622. The fourth-order valence-electron chi connectivity index (χ4n) is 2.58. The highest BCUT2D eigenvalue weighted by Gasteiger charge is 2.17. The molecule has 0 aliphatic carbocycles. The van der Waals surface area contributed by atoms with Crippen LogP contribution in [0.1, 0.15) is 24.8 Å². The molecule has 1 aliphatic heterocycles. The monoisotopic (exact) mass is 350 g/mol. The molecule has 24 heavy (non-hydrogen) atoms. The van der Waals surface area contributed by atoms with Crippen LogP contribution >= 0.6 is 11.8 Å². The van der Waals surface area contributed by atoms with Gasteiger partial charge in [-0.05, 0) is 49.0 Å². The summed E-state index contributed by atoms with van der Waals surface area (Å²) < 4.78 is 0. The van der Waals surface area contributed by atoms with Crippen molar-refractivity contribution in [3.05, 3.63) is 29.8 Å². The van der Waals surface area contributed by atoms with Gasteiger partial charge in [0.25, 0.3) is 0 Å². The van der Waals surface area contributed by atoms with Crippen molar-refractivity contribution in [3.63, 3.8) is 0 Å². The summed E-state index contributed by atoms with van der Waals surface area (Å²) in [5, 5.41) is 5.76. The van der Waals surface area contributed by atoms with E-state index < -0.39 is 6.04 Å². The number of rotatable bonds is 7. The first-order valence-electron chi connectivity index (χ1n) is 8.27. The molecule has 4 N–H and O–H groups in total. The maximum Gasteiger partial charge on any atom is 0.321 e. The number of benzene rings is 1. The zero-order valence-corrected chi connectivity index (χ0v) is 14.9. The van der Waals surface area contributed by atoms with E-state index in [4.69, 9.17) is 5.73 Å². The van der Waals surface area contributed by atoms with Crippen molar-refractivity contribution >= 4 is 29.4 Å². The first-order chi connectivity index (χ1) is 11.6. The number of likely N-dealkylation sites (tertiary alicyclic amines) is 1. The number of hydrogen-bond acceptors (Lipinski definition) is 4. The van der Waals surface area contributed by atoms with E-state index in [1.807, 2.05) is 35.4 Å². The molecule has 0 saturated carbocycles. The van der Waals surface area contributed by atoms with Crippen LogP contribution < -0.4 is 16.4 Å². The number of nitrogens with two attached hydrogens (primary N) is 1. The number of carbonyl (C=O) groups is 2. The molecular weight excluding hydrogens is 324 g/mol. The lowest BCUT2D eigenvalue weighted by Crippen LogP contribution is -2.40. The number of nitrogens with zero attached hydrogens (tertiary/aromatic N) is 1. The highest BCUT2D eigenvalue weighted by molar-refractivity contribution is 7.98. The third-order valence-corrected chi connectivity index (χ3v) is 4.65. The zero-order valence-electron chi connectivity index (χ0n) is 14.1. The molecule has 1 saturated heterocycles. The topological polar surface area (TPSA) is 87.5 Å². The smallest absolute Gasteiger partial charge is 0.321 e. The van der Waals surface area contributed by atoms with E-state index in [2.05, 4.69) is 10.6 Å². The van der Waals surface area contributed by atoms with Crippen molar-refractivity contribution in [1.82, 2.24) is 10.2 Å². The van der Waals surface area contributed by atoms with Crippen LogP contribution in [0.3, 0.4) is 0 Å². The summed E-state index contributed by atoms with van der Waals surface area (Å²) in [6.07, 6.45) is 4.79. The summed E-state index contributed by atoms with van der Waals surface area (Å²) in [6, 6.07) is 6.97. The van der Waals surface area contributed by atoms with Gasteiger partial charge < -0.3 is 21.3 Å². The van der Waals surface area contributed by atoms with Crippen molar-refractivity contribution in [2.24, 2.45) is 5.73 Å². The molecule has 0 aromatic heterocycles. The molecule has 0 unspecified atom stereocenters. The van der Waals surface area contributed by atoms with Crippen LogP contribution in [-0.2, 0) is 11.3 Å². The molecule has 6 nitrogen and oxygen atoms in total. The number of anilines is 1. The lowest BCUT2D eigenvalue weighted by molar-refractivity contribution is -0.122. The predicted molar refractivity (Wildman–Crippen MR) is 99.1 cm³/mol. The van der Waals surface area contributed by atoms with Gasteiger partial charge in [-0.15, -0.1) is 0 Å². The minimum Gasteiger partial charge on any atom is -0.351 e. The van der Waals surface area contributed by atoms with Gasteiger partial charge in [-0.25, -0.2) is 4.79 Å². The average Bonchev–Trinajstić information content (AvgIpc) is 3.12. The van der Waals surface area contributed by atoms with Crippen molar-refractivity contribution in [2.75, 3.05) is 30.4 Å². The lowest BCUT2D eigenvalue weighted by atomic mass is 10.2. The Morgan fingerprint density at radius 3 is 2.79 bits per heavy atom. The largest absolute Gasteiger partial charge is 0.351 e. The summed E-state index contributed by atoms with van der Waals surface area (Å²) >= 11 is 1.68. The third-order valence-electron chi connectivity index (χ3n) is 4.01. The number of hydrogen-bond donors (Lipinski definition) is 3. The maximum absolute atomic E-state index is 12.1. The van der Waals surface area contributed by atoms with E-state index in [9.17, 15) is 9.59 Å². The number of nitrogens with one attached hydrogen (secondary N) is 2. The molecule has 1 aromatic rings. The van der Waals surface area contributed by atoms with Crippen LogP contribution in [0.15, 0.2) is 24.3 Å². The molecule has 0 radical (unpaired) electrons. The fourth-order valence-corrected chi connectivity index (χ4v) is 3.07. The Hall–Kier alpha value is -1.73. The number of thioether (sulfide) groups is 1. The molecule has 1 atom stereocenters. The van der Waals surface area contributed by atoms with Gasteiger partial charge in [-0.1, -0.05) is 12.1 Å². The molecule has 7 heteroatoms. The lowest BCUT2D eigenvalue weighted by Gasteiger charge is -2.17. The normalized spacial score (nSPS) is 15.2. The van der Waals surface area contributed by atoms with E-state index >= 15 is 0 Å². The molecular formula is C17H26N4O2S. The Balaban J connectivity index is 1.83. The van der Waals surface area contributed by atoms with Gasteiger partial charge in [0.2, 0.25) is 5.91 Å². The van der Waals surface area contributed by atoms with E-state index in [0.717, 1.165) is 42.9 Å². The Labute approximate surface area is 147 Å². The van der Waals surface area contributed by atoms with Gasteiger partial charge in [0.15, 0.2) is 0 Å². The molecule has 3 amide bonds. The van der Waals surface area contributed by atoms with Gasteiger partial charge >= 0.3 is 6.03 Å². The van der Waals surface area contributed by atoms with Gasteiger partial charge in [0.05, 0.1) is 6.04 Å². The molecule has 0 spiro atoms. The zero-order chi connectivity index (χ0) is 17.4. The third kappa shape index (κ3) is 5.72. The Kier molecular flexibility index (Phi) is 7.39.